The van der Waals surface area contributed by atoms with E-state index in [9.17, 15) is 4.79 Å². The summed E-state index contributed by atoms with van der Waals surface area (Å²) in [6.45, 7) is 0.589. The molecule has 2 aliphatic rings. The summed E-state index contributed by atoms with van der Waals surface area (Å²) in [7, 11) is 1.99. The van der Waals surface area contributed by atoms with Gasteiger partial charge in [-0.1, -0.05) is 23.7 Å². The molecule has 1 aliphatic carbocycles. The topological polar surface area (TPSA) is 51.3 Å². The van der Waals surface area contributed by atoms with Gasteiger partial charge in [-0.3, -0.25) is 4.79 Å². The molecule has 0 saturated carbocycles. The molecular formula is C18H16ClN3O. The van der Waals surface area contributed by atoms with Crippen molar-refractivity contribution in [3.63, 3.8) is 0 Å². The van der Waals surface area contributed by atoms with Crippen LogP contribution in [0.3, 0.4) is 0 Å². The molecule has 5 heteroatoms. The van der Waals surface area contributed by atoms with Crippen LogP contribution in [0.5, 0.6) is 0 Å². The lowest BCUT2D eigenvalue weighted by Gasteiger charge is -2.31. The molecule has 1 unspecified atom stereocenters. The summed E-state index contributed by atoms with van der Waals surface area (Å²) in [5, 5.41) is 0.691. The molecule has 0 amide bonds. The maximum absolute atomic E-state index is 12.6. The molecule has 0 fully saturated rings. The van der Waals surface area contributed by atoms with Crippen molar-refractivity contribution < 1.29 is 4.79 Å². The predicted molar refractivity (Wildman–Crippen MR) is 91.1 cm³/mol. The molecule has 1 aliphatic heterocycles. The number of hydrogen-bond acceptors (Lipinski definition) is 3. The van der Waals surface area contributed by atoms with Gasteiger partial charge in [0, 0.05) is 36.6 Å². The number of likely N-dealkylation sites (N-methyl/N-ethyl adjacent to an activating group) is 1. The zero-order chi connectivity index (χ0) is 16.1. The van der Waals surface area contributed by atoms with Crippen LogP contribution in [-0.4, -0.2) is 22.3 Å². The van der Waals surface area contributed by atoms with Gasteiger partial charge in [0.15, 0.2) is 0 Å². The van der Waals surface area contributed by atoms with Crippen LogP contribution in [0.25, 0.3) is 6.08 Å². The Morgan fingerprint density at radius 1 is 1.35 bits per heavy atom. The van der Waals surface area contributed by atoms with E-state index < -0.39 is 0 Å². The van der Waals surface area contributed by atoms with Gasteiger partial charge in [0.1, 0.15) is 0 Å². The average Bonchev–Trinajstić information content (AvgIpc) is 2.87. The zero-order valence-electron chi connectivity index (χ0n) is 12.7. The largest absolute Gasteiger partial charge is 0.396 e. The lowest BCUT2D eigenvalue weighted by atomic mass is 9.90. The molecule has 2 aromatic rings. The van der Waals surface area contributed by atoms with E-state index in [1.165, 1.54) is 0 Å². The van der Waals surface area contributed by atoms with Crippen molar-refractivity contribution in [3.05, 3.63) is 75.8 Å². The predicted octanol–water partition coefficient (Wildman–Crippen LogP) is 3.19. The number of hydrogen-bond donors (Lipinski definition) is 1. The Kier molecular flexibility index (Phi) is 3.10. The van der Waals surface area contributed by atoms with E-state index in [1.807, 2.05) is 60.4 Å². The summed E-state index contributed by atoms with van der Waals surface area (Å²) in [5.41, 5.74) is 10.1. The Labute approximate surface area is 139 Å². The van der Waals surface area contributed by atoms with Crippen LogP contribution in [0.15, 0.2) is 48.4 Å². The summed E-state index contributed by atoms with van der Waals surface area (Å²) >= 11 is 6.07. The third-order valence-corrected chi connectivity index (χ3v) is 4.66. The number of ketones is 1. The second-order valence-electron chi connectivity index (χ2n) is 5.98. The third-order valence-electron chi connectivity index (χ3n) is 4.43. The van der Waals surface area contributed by atoms with Crippen molar-refractivity contribution in [3.8, 4) is 0 Å². The first-order valence-electron chi connectivity index (χ1n) is 7.44. The van der Waals surface area contributed by atoms with Crippen LogP contribution < -0.4 is 5.73 Å². The van der Waals surface area contributed by atoms with Crippen molar-refractivity contribution in [2.24, 2.45) is 5.73 Å². The van der Waals surface area contributed by atoms with E-state index in [0.717, 1.165) is 16.7 Å². The number of halogens is 1. The monoisotopic (exact) mass is 325 g/mol. The highest BCUT2D eigenvalue weighted by Gasteiger charge is 2.34. The number of benzene rings is 1. The van der Waals surface area contributed by atoms with Gasteiger partial charge in [-0.05, 0) is 35.4 Å². The number of nitrogens with zero attached hydrogens (tertiary/aromatic N) is 2. The van der Waals surface area contributed by atoms with E-state index in [0.29, 0.717) is 23.0 Å². The van der Waals surface area contributed by atoms with Crippen LogP contribution in [0.2, 0.25) is 5.02 Å². The lowest BCUT2D eigenvalue weighted by Crippen LogP contribution is -2.30. The fraction of sp³-hybridized carbons (Fsp3) is 0.167. The maximum Gasteiger partial charge on any atom is 0.225 e. The number of aromatic nitrogens is 1. The van der Waals surface area contributed by atoms with Crippen molar-refractivity contribution in [1.82, 2.24) is 9.47 Å². The van der Waals surface area contributed by atoms with Crippen LogP contribution in [0, 0.1) is 0 Å². The number of Topliss-reactive ketones (excluding diaryl/α,β-unsaturated/α-hetero) is 1. The summed E-state index contributed by atoms with van der Waals surface area (Å²) in [6.07, 6.45) is 7.90. The van der Waals surface area contributed by atoms with Crippen LogP contribution in [-0.2, 0) is 6.54 Å². The molecule has 0 saturated heterocycles. The zero-order valence-corrected chi connectivity index (χ0v) is 13.4. The third kappa shape index (κ3) is 2.18. The molecule has 2 N–H and O–H groups in total. The second-order valence-corrected chi connectivity index (χ2v) is 6.42. The normalized spacial score (nSPS) is 18.9. The Bertz CT molecular complexity index is 878. The minimum Gasteiger partial charge on any atom is -0.396 e. The number of allylic oxidation sites excluding steroid dienone is 1. The Morgan fingerprint density at radius 3 is 2.96 bits per heavy atom. The second kappa shape index (κ2) is 5.03. The summed E-state index contributed by atoms with van der Waals surface area (Å²) < 4.78 is 1.98. The van der Waals surface area contributed by atoms with Gasteiger partial charge in [-0.25, -0.2) is 0 Å². The van der Waals surface area contributed by atoms with Gasteiger partial charge in [0.25, 0.3) is 0 Å². The fourth-order valence-corrected chi connectivity index (χ4v) is 3.54. The standard InChI is InChI=1S/C18H16ClN3O/c1-21-6-5-12-10-22(9-11-3-2-4-13(19)7-11)17-16(12)15(21)8-14(20)18(17)23/h2-8,10,15H,9,20H2,1H3. The Hall–Kier alpha value is -2.46. The molecular weight excluding hydrogens is 310 g/mol. The van der Waals surface area contributed by atoms with E-state index in [-0.39, 0.29) is 11.8 Å². The van der Waals surface area contributed by atoms with E-state index in [4.69, 9.17) is 17.3 Å². The van der Waals surface area contributed by atoms with E-state index in [1.54, 1.807) is 0 Å². The first kappa shape index (κ1) is 14.2. The smallest absolute Gasteiger partial charge is 0.225 e. The van der Waals surface area contributed by atoms with Gasteiger partial charge in [0.05, 0.1) is 17.4 Å². The molecule has 1 atom stereocenters. The van der Waals surface area contributed by atoms with E-state index in [2.05, 4.69) is 4.90 Å². The molecule has 0 radical (unpaired) electrons. The van der Waals surface area contributed by atoms with Gasteiger partial charge < -0.3 is 15.2 Å². The number of carbonyl (C=O) groups is 1. The minimum atomic E-state index is -0.103. The molecule has 23 heavy (non-hydrogen) atoms. The molecule has 2 heterocycles. The molecule has 0 spiro atoms. The van der Waals surface area contributed by atoms with Gasteiger partial charge in [0.2, 0.25) is 5.78 Å². The summed E-state index contributed by atoms with van der Waals surface area (Å²) in [4.78, 5) is 14.7. The number of rotatable bonds is 2. The SMILES string of the molecule is CN1C=Cc2cn(Cc3cccc(Cl)c3)c3c2C1C=C(N)C3=O. The summed E-state index contributed by atoms with van der Waals surface area (Å²) in [5.74, 6) is -0.103. The van der Waals surface area contributed by atoms with Crippen molar-refractivity contribution >= 4 is 23.5 Å². The first-order chi connectivity index (χ1) is 11.0. The Balaban J connectivity index is 1.84. The van der Waals surface area contributed by atoms with Crippen molar-refractivity contribution in [2.75, 3.05) is 7.05 Å². The Morgan fingerprint density at radius 2 is 2.17 bits per heavy atom. The minimum absolute atomic E-state index is 0.0170. The van der Waals surface area contributed by atoms with Gasteiger partial charge in [-0.2, -0.15) is 0 Å². The highest BCUT2D eigenvalue weighted by atomic mass is 35.5. The quantitative estimate of drug-likeness (QED) is 0.922. The number of nitrogens with two attached hydrogens (primary N) is 1. The highest BCUT2D eigenvalue weighted by Crippen LogP contribution is 2.38. The van der Waals surface area contributed by atoms with Crippen LogP contribution in [0.1, 0.15) is 33.2 Å². The lowest BCUT2D eigenvalue weighted by molar-refractivity contribution is 0.101. The van der Waals surface area contributed by atoms with Gasteiger partial charge >= 0.3 is 0 Å². The van der Waals surface area contributed by atoms with Crippen LogP contribution in [0.4, 0.5) is 0 Å². The average molecular weight is 326 g/mol. The fourth-order valence-electron chi connectivity index (χ4n) is 3.32. The molecule has 0 bridgehead atoms. The molecule has 4 nitrogen and oxygen atoms in total. The van der Waals surface area contributed by atoms with E-state index >= 15 is 0 Å². The molecule has 1 aromatic carbocycles. The van der Waals surface area contributed by atoms with Crippen LogP contribution >= 0.6 is 11.6 Å². The molecule has 1 aromatic heterocycles. The molecule has 116 valence electrons. The van der Waals surface area contributed by atoms with Crippen molar-refractivity contribution in [2.45, 2.75) is 12.6 Å². The first-order valence-corrected chi connectivity index (χ1v) is 7.82. The highest BCUT2D eigenvalue weighted by molar-refractivity contribution is 6.30. The number of carbonyl (C=O) groups excluding carboxylic acids is 1. The summed E-state index contributed by atoms with van der Waals surface area (Å²) in [6, 6.07) is 7.69. The van der Waals surface area contributed by atoms with Crippen molar-refractivity contribution in [1.29, 1.82) is 0 Å². The van der Waals surface area contributed by atoms with Gasteiger partial charge in [-0.15, -0.1) is 0 Å². The molecule has 4 rings (SSSR count). The maximum atomic E-state index is 12.6.